The summed E-state index contributed by atoms with van der Waals surface area (Å²) >= 11 is 0. The molecule has 2 aliphatic heterocycles. The van der Waals surface area contributed by atoms with Crippen molar-refractivity contribution in [3.05, 3.63) is 56.8 Å². The first kappa shape index (κ1) is 69.0. The average molecular weight is 1110 g/mol. The maximum Gasteiger partial charge on any atom is 0.352 e. The highest BCUT2D eigenvalue weighted by Crippen LogP contribution is 2.49. The zero-order valence-electron chi connectivity index (χ0n) is 46.8. The van der Waals surface area contributed by atoms with Gasteiger partial charge < -0.3 is 61.0 Å². The van der Waals surface area contributed by atoms with E-state index in [0.29, 0.717) is 17.7 Å². The van der Waals surface area contributed by atoms with Gasteiger partial charge in [-0.25, -0.2) is 4.79 Å². The number of methoxy groups -OCH3 is 2. The number of carbonyl (C=O) groups excluding carboxylic acids is 1. The second-order valence-corrected chi connectivity index (χ2v) is 24.0. The zero-order valence-corrected chi connectivity index (χ0v) is 48.5. The van der Waals surface area contributed by atoms with E-state index >= 15 is 0 Å². The molecule has 8 atom stereocenters. The molecule has 5 heterocycles. The van der Waals surface area contributed by atoms with Crippen molar-refractivity contribution in [3.8, 4) is 11.9 Å². The van der Waals surface area contributed by atoms with E-state index in [-0.39, 0.29) is 57.3 Å². The largest absolute Gasteiger partial charge is 0.756 e. The summed E-state index contributed by atoms with van der Waals surface area (Å²) in [6.45, 7) is 30.4. The van der Waals surface area contributed by atoms with Crippen LogP contribution in [-0.2, 0) is 62.8 Å². The Morgan fingerprint density at radius 3 is 1.53 bits per heavy atom. The third-order valence-corrected chi connectivity index (χ3v) is 12.1. The molecule has 25 nitrogen and oxygen atoms in total. The summed E-state index contributed by atoms with van der Waals surface area (Å²) < 4.78 is 88.7. The quantitative estimate of drug-likeness (QED) is 0.112. The van der Waals surface area contributed by atoms with Gasteiger partial charge in [0.1, 0.15) is 24.7 Å². The van der Waals surface area contributed by atoms with Gasteiger partial charge in [-0.15, -0.1) is 5.10 Å². The summed E-state index contributed by atoms with van der Waals surface area (Å²) in [6, 6.07) is 0.0583. The minimum absolute atomic E-state index is 0. The third kappa shape index (κ3) is 25.8. The van der Waals surface area contributed by atoms with E-state index in [1.165, 1.54) is 18.8 Å². The van der Waals surface area contributed by atoms with Crippen molar-refractivity contribution in [2.24, 2.45) is 13.0 Å². The molecule has 3 aromatic heterocycles. The van der Waals surface area contributed by atoms with E-state index in [0.717, 1.165) is 0 Å². The number of esters is 1. The fourth-order valence-corrected chi connectivity index (χ4v) is 8.96. The van der Waals surface area contributed by atoms with Gasteiger partial charge in [-0.2, -0.15) is 9.97 Å². The summed E-state index contributed by atoms with van der Waals surface area (Å²) in [4.78, 5) is 67.4. The molecule has 0 radical (unpaired) electrons. The molecule has 0 amide bonds. The Balaban J connectivity index is 0.000000588. The Labute approximate surface area is 442 Å². The Morgan fingerprint density at radius 2 is 1.20 bits per heavy atom. The van der Waals surface area contributed by atoms with Crippen LogP contribution in [0.4, 0.5) is 0 Å². The van der Waals surface area contributed by atoms with Crippen LogP contribution in [0.5, 0.6) is 11.9 Å². The number of aryl methyl sites for hydroxylation is 3. The van der Waals surface area contributed by atoms with E-state index in [1.807, 2.05) is 62.4 Å². The average Bonchev–Trinajstić information content (AvgIpc) is 3.98. The lowest BCUT2D eigenvalue weighted by atomic mass is 10.1. The summed E-state index contributed by atoms with van der Waals surface area (Å²) in [5.41, 5.74) is -2.75. The van der Waals surface area contributed by atoms with Gasteiger partial charge in [0, 0.05) is 49.6 Å². The number of hydrogen-bond acceptors (Lipinski definition) is 22. The van der Waals surface area contributed by atoms with Gasteiger partial charge in [-0.3, -0.25) is 32.5 Å². The van der Waals surface area contributed by atoms with Gasteiger partial charge >= 0.3 is 17.7 Å². The predicted molar refractivity (Wildman–Crippen MR) is 274 cm³/mol. The van der Waals surface area contributed by atoms with Crippen molar-refractivity contribution < 1.29 is 75.0 Å². The molecule has 5 rings (SSSR count). The zero-order chi connectivity index (χ0) is 56.8. The number of hydrogen-bond donors (Lipinski definition) is 0. The number of aromatic nitrogens is 7. The molecular weight excluding hydrogens is 1020 g/mol. The SMILES string of the molecule is C.CCOC(=O)C(C)C.COc1nc(=O)c(C)cn1[C@H]1CC(OP(=O)([O-])OC(C)(C)C)[C@@H](COC(C)(C)C)O1.COc1nc(=O)n([C@H]2CC(OP(=O)([O-])OC(C)(C)C)[C@@H](COC(C)(C)C)O2)cc1C.Cn1ccnn1. The van der Waals surface area contributed by atoms with E-state index < -0.39 is 86.2 Å². The van der Waals surface area contributed by atoms with Crippen LogP contribution in [0.15, 0.2) is 34.4 Å². The Bertz CT molecular complexity index is 2430. The Hall–Kier alpha value is -3.97. The fourth-order valence-electron chi connectivity index (χ4n) is 6.42. The second kappa shape index (κ2) is 29.1. The van der Waals surface area contributed by atoms with Crippen LogP contribution in [0, 0.1) is 19.8 Å². The third-order valence-electron chi connectivity index (χ3n) is 9.50. The second-order valence-electron chi connectivity index (χ2n) is 21.4. The Kier molecular flexibility index (Phi) is 26.8. The molecule has 0 saturated carbocycles. The molecule has 3 aromatic rings. The summed E-state index contributed by atoms with van der Waals surface area (Å²) in [5.74, 6) is 0.111. The van der Waals surface area contributed by atoms with E-state index in [4.69, 9.17) is 46.5 Å². The first-order valence-electron chi connectivity index (χ1n) is 24.0. The van der Waals surface area contributed by atoms with E-state index in [9.17, 15) is 33.3 Å². The molecule has 4 unspecified atom stereocenters. The van der Waals surface area contributed by atoms with Crippen LogP contribution in [0.2, 0.25) is 0 Å². The van der Waals surface area contributed by atoms with Crippen molar-refractivity contribution in [1.29, 1.82) is 0 Å². The molecule has 432 valence electrons. The highest BCUT2D eigenvalue weighted by molar-refractivity contribution is 7.46. The molecule has 2 aliphatic rings. The van der Waals surface area contributed by atoms with Gasteiger partial charge in [0.2, 0.25) is 5.88 Å². The molecule has 75 heavy (non-hydrogen) atoms. The highest BCUT2D eigenvalue weighted by atomic mass is 31.2. The first-order chi connectivity index (χ1) is 33.8. The molecule has 2 fully saturated rings. The van der Waals surface area contributed by atoms with Crippen molar-refractivity contribution >= 4 is 21.6 Å². The van der Waals surface area contributed by atoms with Crippen LogP contribution in [0.1, 0.15) is 148 Å². The number of ether oxygens (including phenoxy) is 7. The summed E-state index contributed by atoms with van der Waals surface area (Å²) in [6.07, 6.45) is 2.20. The molecule has 0 aliphatic carbocycles. The topological polar surface area (TPSA) is 299 Å². The fraction of sp³-hybridized carbons (Fsp3) is 0.771. The molecule has 2 saturated heterocycles. The lowest BCUT2D eigenvalue weighted by Crippen LogP contribution is -2.34. The summed E-state index contributed by atoms with van der Waals surface area (Å²) in [7, 11) is -4.60. The van der Waals surface area contributed by atoms with Crippen molar-refractivity contribution in [2.75, 3.05) is 34.0 Å². The number of carbonyl (C=O) groups is 1. The minimum Gasteiger partial charge on any atom is -0.756 e. The van der Waals surface area contributed by atoms with Crippen molar-refractivity contribution in [2.45, 2.75) is 197 Å². The van der Waals surface area contributed by atoms with Crippen LogP contribution in [-0.4, -0.2) is 121 Å². The summed E-state index contributed by atoms with van der Waals surface area (Å²) in [5, 5.41) is 7.12. The standard InChI is InChI=1S/2C19H33N2O8P.C6H12O2.C3H5N3.CH4/c1-12-10-21(17(22)20-16(12)25-8)15-9-13(14(27-15)11-26-18(2,3)4)28-30(23,24)29-19(5,6)7;1-12-10-21(17(25-8)20-16(12)22)15-9-13(14(27-15)11-26-18(2,3)4)28-30(23,24)29-19(5,6)7;1-4-8-6(7)5(2)3;1-6-3-2-4-5-6;/h2*10,13-15H,9,11H2,1-8H3,(H,23,24);5H,4H2,1-3H3;2-3H,1H3;1H4/p-2/t2*13?,14-,15-;;;/m11.../s1. The maximum atomic E-state index is 12.4. The van der Waals surface area contributed by atoms with Crippen LogP contribution >= 0.6 is 15.6 Å². The molecule has 0 bridgehead atoms. The van der Waals surface area contributed by atoms with Gasteiger partial charge in [-0.1, -0.05) is 26.5 Å². The highest BCUT2D eigenvalue weighted by Gasteiger charge is 2.43. The van der Waals surface area contributed by atoms with Gasteiger partial charge in [0.15, 0.2) is 0 Å². The van der Waals surface area contributed by atoms with E-state index in [2.05, 4.69) is 25.0 Å². The smallest absolute Gasteiger partial charge is 0.352 e. The number of rotatable bonds is 16. The first-order valence-corrected chi connectivity index (χ1v) is 26.9. The number of phosphoric ester groups is 2. The molecule has 27 heteroatoms. The molecule has 0 N–H and O–H groups in total. The van der Waals surface area contributed by atoms with Gasteiger partial charge in [-0.05, 0) is 104 Å². The van der Waals surface area contributed by atoms with Crippen LogP contribution in [0.3, 0.4) is 0 Å². The molecular formula is C48H85N7O18P2-2. The normalized spacial score (nSPS) is 21.4. The van der Waals surface area contributed by atoms with Crippen molar-refractivity contribution in [3.63, 3.8) is 0 Å². The predicted octanol–water partition coefficient (Wildman–Crippen LogP) is 6.32. The van der Waals surface area contributed by atoms with Gasteiger partial charge in [0.25, 0.3) is 21.2 Å². The monoisotopic (exact) mass is 1110 g/mol. The van der Waals surface area contributed by atoms with Crippen LogP contribution < -0.4 is 30.5 Å². The molecule has 0 spiro atoms. The van der Waals surface area contributed by atoms with E-state index in [1.54, 1.807) is 96.3 Å². The maximum absolute atomic E-state index is 12.4. The Morgan fingerprint density at radius 1 is 0.747 bits per heavy atom. The number of phosphoric acid groups is 2. The van der Waals surface area contributed by atoms with Gasteiger partial charge in [0.05, 0.1) is 80.8 Å². The molecule has 0 aromatic carbocycles. The van der Waals surface area contributed by atoms with Crippen LogP contribution in [0.25, 0.3) is 0 Å². The lowest BCUT2D eigenvalue weighted by Gasteiger charge is -2.34. The lowest BCUT2D eigenvalue weighted by molar-refractivity contribution is -0.241. The minimum atomic E-state index is -4.63. The van der Waals surface area contributed by atoms with Crippen molar-refractivity contribution in [1.82, 2.24) is 34.1 Å². The number of nitrogens with zero attached hydrogens (tertiary/aromatic N) is 7.